The number of ether oxygens (including phenoxy) is 1. The molecule has 5 heteroatoms. The van der Waals surface area contributed by atoms with Gasteiger partial charge in [0.1, 0.15) is 12.2 Å². The molecule has 0 bridgehead atoms. The number of pyridine rings is 2. The first-order valence-electron chi connectivity index (χ1n) is 7.03. The molecule has 1 saturated heterocycles. The van der Waals surface area contributed by atoms with E-state index in [9.17, 15) is 0 Å². The quantitative estimate of drug-likeness (QED) is 0.864. The third-order valence-electron chi connectivity index (χ3n) is 3.62. The van der Waals surface area contributed by atoms with Gasteiger partial charge in [-0.15, -0.1) is 0 Å². The van der Waals surface area contributed by atoms with Gasteiger partial charge in [0.2, 0.25) is 5.88 Å². The van der Waals surface area contributed by atoms with Crippen molar-refractivity contribution in [1.82, 2.24) is 9.97 Å². The van der Waals surface area contributed by atoms with E-state index in [4.69, 9.17) is 10.00 Å². The molecule has 1 aliphatic rings. The van der Waals surface area contributed by atoms with E-state index in [0.717, 1.165) is 25.9 Å². The van der Waals surface area contributed by atoms with Crippen LogP contribution in [-0.2, 0) is 0 Å². The van der Waals surface area contributed by atoms with Crippen molar-refractivity contribution in [2.24, 2.45) is 0 Å². The van der Waals surface area contributed by atoms with E-state index in [1.807, 2.05) is 24.5 Å². The second-order valence-corrected chi connectivity index (χ2v) is 5.01. The van der Waals surface area contributed by atoms with Crippen LogP contribution in [0.25, 0.3) is 0 Å². The van der Waals surface area contributed by atoms with Gasteiger partial charge in [0.05, 0.1) is 5.56 Å². The number of nitriles is 1. The summed E-state index contributed by atoms with van der Waals surface area (Å²) in [7, 11) is 0. The topological polar surface area (TPSA) is 62.0 Å². The zero-order valence-corrected chi connectivity index (χ0v) is 11.6. The Morgan fingerprint density at radius 2 is 1.90 bits per heavy atom. The zero-order valence-electron chi connectivity index (χ0n) is 11.6. The second-order valence-electron chi connectivity index (χ2n) is 5.01. The molecule has 2 aromatic rings. The maximum Gasteiger partial charge on any atom is 0.213 e. The van der Waals surface area contributed by atoms with Gasteiger partial charge in [-0.1, -0.05) is 0 Å². The number of anilines is 1. The molecule has 0 unspecified atom stereocenters. The largest absolute Gasteiger partial charge is 0.474 e. The Balaban J connectivity index is 1.55. The van der Waals surface area contributed by atoms with Gasteiger partial charge in [-0.3, -0.25) is 4.98 Å². The second kappa shape index (κ2) is 6.23. The third-order valence-corrected chi connectivity index (χ3v) is 3.62. The average molecular weight is 280 g/mol. The van der Waals surface area contributed by atoms with Gasteiger partial charge in [0.15, 0.2) is 0 Å². The van der Waals surface area contributed by atoms with E-state index >= 15 is 0 Å². The fraction of sp³-hybridized carbons (Fsp3) is 0.312. The summed E-state index contributed by atoms with van der Waals surface area (Å²) in [5.41, 5.74) is 1.76. The van der Waals surface area contributed by atoms with Crippen LogP contribution in [0.4, 0.5) is 5.69 Å². The summed E-state index contributed by atoms with van der Waals surface area (Å²) in [4.78, 5) is 10.5. The Hall–Kier alpha value is -2.61. The molecular weight excluding hydrogens is 264 g/mol. The molecule has 3 heterocycles. The lowest BCUT2D eigenvalue weighted by atomic mass is 10.1. The molecule has 0 aromatic carbocycles. The minimum atomic E-state index is 0.184. The smallest absolute Gasteiger partial charge is 0.213 e. The van der Waals surface area contributed by atoms with Crippen molar-refractivity contribution in [3.63, 3.8) is 0 Å². The molecule has 0 aliphatic carbocycles. The molecule has 106 valence electrons. The molecule has 0 atom stereocenters. The van der Waals surface area contributed by atoms with Crippen LogP contribution in [0.15, 0.2) is 42.9 Å². The highest BCUT2D eigenvalue weighted by molar-refractivity contribution is 5.44. The van der Waals surface area contributed by atoms with Crippen molar-refractivity contribution >= 4 is 5.69 Å². The van der Waals surface area contributed by atoms with E-state index in [1.165, 1.54) is 5.69 Å². The molecular formula is C16H16N4O. The standard InChI is InChI=1S/C16H16N4O/c17-11-13-1-2-16(19-12-13)21-15-5-9-20(10-6-15)14-3-7-18-8-4-14/h1-4,7-8,12,15H,5-6,9-10H2. The van der Waals surface area contributed by atoms with Gasteiger partial charge in [-0.05, 0) is 18.2 Å². The monoisotopic (exact) mass is 280 g/mol. The molecule has 0 amide bonds. The lowest BCUT2D eigenvalue weighted by molar-refractivity contribution is 0.164. The van der Waals surface area contributed by atoms with Crippen LogP contribution < -0.4 is 9.64 Å². The number of hydrogen-bond acceptors (Lipinski definition) is 5. The first-order chi connectivity index (χ1) is 10.3. The minimum Gasteiger partial charge on any atom is -0.474 e. The van der Waals surface area contributed by atoms with E-state index < -0.39 is 0 Å². The molecule has 1 fully saturated rings. The Morgan fingerprint density at radius 1 is 1.14 bits per heavy atom. The number of piperidine rings is 1. The Morgan fingerprint density at radius 3 is 2.52 bits per heavy atom. The van der Waals surface area contributed by atoms with Crippen molar-refractivity contribution in [1.29, 1.82) is 5.26 Å². The molecule has 0 saturated carbocycles. The summed E-state index contributed by atoms with van der Waals surface area (Å²) in [6.07, 6.45) is 7.29. The summed E-state index contributed by atoms with van der Waals surface area (Å²) in [6.45, 7) is 1.93. The molecule has 5 nitrogen and oxygen atoms in total. The first-order valence-corrected chi connectivity index (χ1v) is 7.03. The fourth-order valence-corrected chi connectivity index (χ4v) is 2.47. The van der Waals surface area contributed by atoms with Crippen molar-refractivity contribution in [2.45, 2.75) is 18.9 Å². The molecule has 2 aromatic heterocycles. The highest BCUT2D eigenvalue weighted by Gasteiger charge is 2.21. The Kier molecular flexibility index (Phi) is 3.97. The summed E-state index contributed by atoms with van der Waals surface area (Å²) < 4.78 is 5.88. The highest BCUT2D eigenvalue weighted by Crippen LogP contribution is 2.21. The van der Waals surface area contributed by atoms with Gasteiger partial charge in [0, 0.05) is 56.3 Å². The van der Waals surface area contributed by atoms with Crippen molar-refractivity contribution in [3.05, 3.63) is 48.4 Å². The molecule has 1 aliphatic heterocycles. The molecule has 0 N–H and O–H groups in total. The van der Waals surface area contributed by atoms with E-state index in [0.29, 0.717) is 11.4 Å². The van der Waals surface area contributed by atoms with Crippen LogP contribution in [0.1, 0.15) is 18.4 Å². The van der Waals surface area contributed by atoms with Crippen LogP contribution in [0, 0.1) is 11.3 Å². The van der Waals surface area contributed by atoms with Gasteiger partial charge >= 0.3 is 0 Å². The van der Waals surface area contributed by atoms with Crippen LogP contribution in [-0.4, -0.2) is 29.2 Å². The molecule has 21 heavy (non-hydrogen) atoms. The lowest BCUT2D eigenvalue weighted by Gasteiger charge is -2.33. The number of nitrogens with zero attached hydrogens (tertiary/aromatic N) is 4. The first kappa shape index (κ1) is 13.4. The Bertz CT molecular complexity index is 613. The van der Waals surface area contributed by atoms with Crippen molar-refractivity contribution in [3.8, 4) is 11.9 Å². The lowest BCUT2D eigenvalue weighted by Crippen LogP contribution is -2.38. The predicted octanol–water partition coefficient (Wildman–Crippen LogP) is 2.40. The van der Waals surface area contributed by atoms with Crippen LogP contribution in [0.2, 0.25) is 0 Å². The maximum absolute atomic E-state index is 8.75. The number of hydrogen-bond donors (Lipinski definition) is 0. The highest BCUT2D eigenvalue weighted by atomic mass is 16.5. The third kappa shape index (κ3) is 3.29. The predicted molar refractivity (Wildman–Crippen MR) is 79.1 cm³/mol. The van der Waals surface area contributed by atoms with E-state index in [2.05, 4.69) is 20.9 Å². The van der Waals surface area contributed by atoms with Gasteiger partial charge in [-0.2, -0.15) is 5.26 Å². The minimum absolute atomic E-state index is 0.184. The van der Waals surface area contributed by atoms with Crippen LogP contribution >= 0.6 is 0 Å². The van der Waals surface area contributed by atoms with Gasteiger partial charge < -0.3 is 9.64 Å². The summed E-state index contributed by atoms with van der Waals surface area (Å²) >= 11 is 0. The van der Waals surface area contributed by atoms with Crippen LogP contribution in [0.3, 0.4) is 0 Å². The zero-order chi connectivity index (χ0) is 14.5. The molecule has 0 radical (unpaired) electrons. The molecule has 0 spiro atoms. The fourth-order valence-electron chi connectivity index (χ4n) is 2.47. The summed E-state index contributed by atoms with van der Waals surface area (Å²) in [5.74, 6) is 0.594. The van der Waals surface area contributed by atoms with E-state index in [-0.39, 0.29) is 6.10 Å². The van der Waals surface area contributed by atoms with Crippen LogP contribution in [0.5, 0.6) is 5.88 Å². The van der Waals surface area contributed by atoms with Gasteiger partial charge in [-0.25, -0.2) is 4.98 Å². The van der Waals surface area contributed by atoms with E-state index in [1.54, 1.807) is 18.3 Å². The van der Waals surface area contributed by atoms with Crippen molar-refractivity contribution < 1.29 is 4.74 Å². The Labute approximate surface area is 123 Å². The number of aromatic nitrogens is 2. The average Bonchev–Trinajstić information content (AvgIpc) is 2.57. The SMILES string of the molecule is N#Cc1ccc(OC2CCN(c3ccncc3)CC2)nc1. The maximum atomic E-state index is 8.75. The summed E-state index contributed by atoms with van der Waals surface area (Å²) in [5, 5.41) is 8.75. The summed E-state index contributed by atoms with van der Waals surface area (Å²) in [6, 6.07) is 9.60. The van der Waals surface area contributed by atoms with Crippen molar-refractivity contribution in [2.75, 3.05) is 18.0 Å². The normalized spacial score (nSPS) is 15.5. The molecule has 3 rings (SSSR count). The van der Waals surface area contributed by atoms with Gasteiger partial charge in [0.25, 0.3) is 0 Å². The number of rotatable bonds is 3.